The van der Waals surface area contributed by atoms with Crippen LogP contribution >= 0.6 is 0 Å². The van der Waals surface area contributed by atoms with Gasteiger partial charge in [-0.05, 0) is 12.1 Å². The number of carbonyl (C=O) groups excluding carboxylic acids is 1. The number of anilines is 1. The van der Waals surface area contributed by atoms with Gasteiger partial charge in [0, 0.05) is 62.6 Å². The second kappa shape index (κ2) is 10.1. The maximum atomic E-state index is 13.1. The number of amides is 1. The lowest BCUT2D eigenvalue weighted by molar-refractivity contribution is 0.0365. The number of aliphatic hydroxyl groups excluding tert-OH is 1. The number of carbonyl (C=O) groups is 1. The van der Waals surface area contributed by atoms with Crippen molar-refractivity contribution in [3.8, 4) is 11.3 Å². The Balaban J connectivity index is 1.37. The van der Waals surface area contributed by atoms with Gasteiger partial charge in [-0.1, -0.05) is 0 Å². The molecule has 6 rings (SSSR count). The molecule has 0 spiro atoms. The molecule has 3 N–H and O–H groups in total. The molecule has 12 nitrogen and oxygen atoms in total. The SMILES string of the molecule is CNc1cc(-c2cn(CCN3CCOCC3)c3ncccc23)nc2c(C(=O)NC3COC[C@H]3O)cnn12. The van der Waals surface area contributed by atoms with Crippen LogP contribution in [0.2, 0.25) is 0 Å². The Kier molecular flexibility index (Phi) is 6.47. The third kappa shape index (κ3) is 4.53. The number of aromatic nitrogens is 5. The summed E-state index contributed by atoms with van der Waals surface area (Å²) in [6.07, 6.45) is 4.64. The molecule has 2 atom stereocenters. The molecule has 2 aliphatic heterocycles. The molecule has 12 heteroatoms. The number of pyridine rings is 1. The highest BCUT2D eigenvalue weighted by atomic mass is 16.5. The van der Waals surface area contributed by atoms with E-state index in [-0.39, 0.29) is 19.1 Å². The second-order valence-electron chi connectivity index (χ2n) is 9.32. The summed E-state index contributed by atoms with van der Waals surface area (Å²) in [4.78, 5) is 25.0. The molecular weight excluding hydrogens is 476 g/mol. The molecule has 1 unspecified atom stereocenters. The van der Waals surface area contributed by atoms with Crippen LogP contribution in [0.1, 0.15) is 10.4 Å². The van der Waals surface area contributed by atoms with Crippen LogP contribution in [0.15, 0.2) is 36.8 Å². The van der Waals surface area contributed by atoms with E-state index >= 15 is 0 Å². The van der Waals surface area contributed by atoms with Crippen LogP contribution in [-0.4, -0.2) is 105 Å². The number of rotatable bonds is 7. The molecule has 0 saturated carbocycles. The lowest BCUT2D eigenvalue weighted by Gasteiger charge is -2.26. The molecule has 6 heterocycles. The van der Waals surface area contributed by atoms with E-state index in [1.165, 1.54) is 6.20 Å². The summed E-state index contributed by atoms with van der Waals surface area (Å²) in [6, 6.07) is 5.41. The zero-order valence-corrected chi connectivity index (χ0v) is 20.6. The summed E-state index contributed by atoms with van der Waals surface area (Å²) in [5.74, 6) is 0.340. The largest absolute Gasteiger partial charge is 0.388 e. The van der Waals surface area contributed by atoms with Gasteiger partial charge in [0.25, 0.3) is 5.91 Å². The fourth-order valence-electron chi connectivity index (χ4n) is 4.94. The van der Waals surface area contributed by atoms with E-state index in [9.17, 15) is 9.90 Å². The van der Waals surface area contributed by atoms with Gasteiger partial charge in [-0.2, -0.15) is 9.61 Å². The smallest absolute Gasteiger partial charge is 0.257 e. The van der Waals surface area contributed by atoms with Crippen molar-refractivity contribution in [3.63, 3.8) is 0 Å². The predicted molar refractivity (Wildman–Crippen MR) is 137 cm³/mol. The number of morpholine rings is 1. The first kappa shape index (κ1) is 23.8. The second-order valence-corrected chi connectivity index (χ2v) is 9.32. The minimum atomic E-state index is -0.738. The minimum absolute atomic E-state index is 0.204. The Morgan fingerprint density at radius 1 is 1.19 bits per heavy atom. The summed E-state index contributed by atoms with van der Waals surface area (Å²) >= 11 is 0. The molecule has 1 amide bonds. The number of ether oxygens (including phenoxy) is 2. The zero-order chi connectivity index (χ0) is 25.4. The predicted octanol–water partition coefficient (Wildman–Crippen LogP) is 0.609. The quantitative estimate of drug-likeness (QED) is 0.330. The Bertz CT molecular complexity index is 1430. The van der Waals surface area contributed by atoms with Crippen molar-refractivity contribution in [1.29, 1.82) is 0 Å². The normalized spacial score (nSPS) is 20.6. The van der Waals surface area contributed by atoms with Gasteiger partial charge in [0.15, 0.2) is 5.65 Å². The average molecular weight is 507 g/mol. The zero-order valence-electron chi connectivity index (χ0n) is 20.6. The lowest BCUT2D eigenvalue weighted by atomic mass is 10.1. The number of aliphatic hydroxyl groups is 1. The maximum Gasteiger partial charge on any atom is 0.257 e. The molecule has 4 aromatic rings. The molecule has 4 aromatic heterocycles. The highest BCUT2D eigenvalue weighted by Gasteiger charge is 2.29. The van der Waals surface area contributed by atoms with Gasteiger partial charge in [-0.3, -0.25) is 9.69 Å². The Labute approximate surface area is 213 Å². The topological polar surface area (TPSA) is 131 Å². The van der Waals surface area contributed by atoms with Crippen molar-refractivity contribution >= 4 is 28.4 Å². The van der Waals surface area contributed by atoms with Crippen LogP contribution < -0.4 is 10.6 Å². The van der Waals surface area contributed by atoms with Crippen LogP contribution in [0.3, 0.4) is 0 Å². The highest BCUT2D eigenvalue weighted by molar-refractivity contribution is 6.01. The molecule has 0 bridgehead atoms. The van der Waals surface area contributed by atoms with Gasteiger partial charge in [-0.25, -0.2) is 9.97 Å². The van der Waals surface area contributed by atoms with Crippen molar-refractivity contribution < 1.29 is 19.4 Å². The van der Waals surface area contributed by atoms with E-state index in [1.54, 1.807) is 17.8 Å². The van der Waals surface area contributed by atoms with Gasteiger partial charge in [0.05, 0.1) is 50.5 Å². The Morgan fingerprint density at radius 2 is 2.05 bits per heavy atom. The standard InChI is InChI=1S/C25H30N8O4/c1-26-22-11-19(29-24-17(12-28-33(22)24)25(35)30-20-14-37-15-21(20)34)18-13-32(23-16(18)3-2-4-27-23)6-5-31-7-9-36-10-8-31/h2-4,11-13,20-21,26,34H,5-10,14-15H2,1H3,(H,30,35)/t20?,21-/m1/s1. The molecule has 0 aliphatic carbocycles. The van der Waals surface area contributed by atoms with Crippen molar-refractivity contribution in [2.75, 3.05) is 58.4 Å². The lowest BCUT2D eigenvalue weighted by Crippen LogP contribution is -2.42. The van der Waals surface area contributed by atoms with Gasteiger partial charge in [0.2, 0.25) is 0 Å². The molecule has 0 aromatic carbocycles. The number of nitrogens with zero attached hydrogens (tertiary/aromatic N) is 6. The fourth-order valence-corrected chi connectivity index (χ4v) is 4.94. The summed E-state index contributed by atoms with van der Waals surface area (Å²) < 4.78 is 14.5. The minimum Gasteiger partial charge on any atom is -0.388 e. The van der Waals surface area contributed by atoms with Gasteiger partial charge in [-0.15, -0.1) is 0 Å². The number of hydrogen-bond acceptors (Lipinski definition) is 9. The van der Waals surface area contributed by atoms with E-state index in [0.717, 1.165) is 56.0 Å². The van der Waals surface area contributed by atoms with Crippen molar-refractivity contribution in [1.82, 2.24) is 34.4 Å². The summed E-state index contributed by atoms with van der Waals surface area (Å²) in [7, 11) is 1.80. The fraction of sp³-hybridized carbons (Fsp3) is 0.440. The number of hydrogen-bond donors (Lipinski definition) is 3. The van der Waals surface area contributed by atoms with Crippen molar-refractivity contribution in [2.24, 2.45) is 0 Å². The summed E-state index contributed by atoms with van der Waals surface area (Å²) in [5.41, 5.74) is 3.27. The maximum absolute atomic E-state index is 13.1. The van der Waals surface area contributed by atoms with Crippen LogP contribution in [-0.2, 0) is 16.0 Å². The van der Waals surface area contributed by atoms with Gasteiger partial charge < -0.3 is 29.8 Å². The first-order valence-electron chi connectivity index (χ1n) is 12.5. The molecule has 2 saturated heterocycles. The monoisotopic (exact) mass is 506 g/mol. The summed E-state index contributed by atoms with van der Waals surface area (Å²) in [6.45, 7) is 5.56. The third-order valence-corrected chi connectivity index (χ3v) is 7.01. The van der Waals surface area contributed by atoms with Crippen molar-refractivity contribution in [2.45, 2.75) is 18.7 Å². The first-order chi connectivity index (χ1) is 18.1. The molecule has 2 aliphatic rings. The van der Waals surface area contributed by atoms with Crippen LogP contribution in [0.4, 0.5) is 5.82 Å². The molecular formula is C25H30N8O4. The van der Waals surface area contributed by atoms with E-state index in [0.29, 0.717) is 22.7 Å². The summed E-state index contributed by atoms with van der Waals surface area (Å²) in [5, 5.41) is 21.4. The van der Waals surface area contributed by atoms with E-state index in [4.69, 9.17) is 14.5 Å². The van der Waals surface area contributed by atoms with Crippen molar-refractivity contribution in [3.05, 3.63) is 42.4 Å². The molecule has 0 radical (unpaired) electrons. The number of nitrogens with one attached hydrogen (secondary N) is 2. The first-order valence-corrected chi connectivity index (χ1v) is 12.5. The molecule has 2 fully saturated rings. The van der Waals surface area contributed by atoms with E-state index < -0.39 is 12.1 Å². The average Bonchev–Trinajstić information content (AvgIpc) is 3.64. The Hall–Kier alpha value is -3.58. The van der Waals surface area contributed by atoms with Crippen LogP contribution in [0.5, 0.6) is 0 Å². The Morgan fingerprint density at radius 3 is 2.84 bits per heavy atom. The van der Waals surface area contributed by atoms with Crippen LogP contribution in [0.25, 0.3) is 27.9 Å². The van der Waals surface area contributed by atoms with Gasteiger partial charge >= 0.3 is 0 Å². The number of fused-ring (bicyclic) bond motifs is 2. The molecule has 194 valence electrons. The van der Waals surface area contributed by atoms with Crippen LogP contribution in [0, 0.1) is 0 Å². The van der Waals surface area contributed by atoms with Gasteiger partial charge in [0.1, 0.15) is 17.0 Å². The van der Waals surface area contributed by atoms with E-state index in [1.807, 2.05) is 18.2 Å². The van der Waals surface area contributed by atoms with E-state index in [2.05, 4.69) is 36.4 Å². The third-order valence-electron chi connectivity index (χ3n) is 7.01. The highest BCUT2D eigenvalue weighted by Crippen LogP contribution is 2.31. The molecule has 37 heavy (non-hydrogen) atoms.